The van der Waals surface area contributed by atoms with Gasteiger partial charge in [0.05, 0.1) is 11.0 Å². The van der Waals surface area contributed by atoms with Crippen molar-refractivity contribution in [1.29, 1.82) is 0 Å². The Bertz CT molecular complexity index is 2730. The highest BCUT2D eigenvalue weighted by atomic mass is 15.0. The molecule has 2 aliphatic rings. The minimum Gasteiger partial charge on any atom is -0.309 e. The molecule has 0 atom stereocenters. The van der Waals surface area contributed by atoms with Crippen molar-refractivity contribution >= 4 is 33.5 Å². The molecule has 8 aromatic rings. The van der Waals surface area contributed by atoms with Gasteiger partial charge in [-0.25, -0.2) is 0 Å². The van der Waals surface area contributed by atoms with Gasteiger partial charge in [0.15, 0.2) is 0 Å². The quantitative estimate of drug-likeness (QED) is 0.175. The van der Waals surface area contributed by atoms with Crippen molar-refractivity contribution in [2.24, 2.45) is 0 Å². The number of aromatic nitrogens is 1. The predicted octanol–water partition coefficient (Wildman–Crippen LogP) is 13.5. The first-order valence-electron chi connectivity index (χ1n) is 18.5. The second-order valence-corrected chi connectivity index (χ2v) is 14.2. The van der Waals surface area contributed by atoms with Gasteiger partial charge in [-0.1, -0.05) is 152 Å². The Kier molecular flexibility index (Phi) is 7.51. The minimum absolute atomic E-state index is 0.898. The molecule has 0 saturated heterocycles. The molecule has 53 heavy (non-hydrogen) atoms. The second-order valence-electron chi connectivity index (χ2n) is 14.2. The van der Waals surface area contributed by atoms with Gasteiger partial charge in [0, 0.05) is 16.5 Å². The molecule has 0 radical (unpaired) electrons. The molecule has 0 aliphatic heterocycles. The van der Waals surface area contributed by atoms with E-state index in [2.05, 4.69) is 199 Å². The SMILES string of the molecule is C=C1/C=C\C=C/Cc2ccccc2/C=C\1c1ccc2c(c1)Cc1cc(-n3c4ccc(-c5ccccc5)cc4c4cc(-c5ccccc5)ccc43)ccc1-2. The molecule has 10 rings (SSSR count). The van der Waals surface area contributed by atoms with Gasteiger partial charge in [0.1, 0.15) is 0 Å². The Morgan fingerprint density at radius 2 is 1.08 bits per heavy atom. The molecule has 2 aliphatic carbocycles. The number of fused-ring (bicyclic) bond motifs is 7. The summed E-state index contributed by atoms with van der Waals surface area (Å²) in [7, 11) is 0. The van der Waals surface area contributed by atoms with Crippen LogP contribution in [0.15, 0.2) is 194 Å². The summed E-state index contributed by atoms with van der Waals surface area (Å²) in [5.41, 5.74) is 19.9. The number of hydrogen-bond acceptors (Lipinski definition) is 0. The van der Waals surface area contributed by atoms with Crippen molar-refractivity contribution in [3.8, 4) is 39.1 Å². The standard InChI is InChI=1S/C52H37N/c1-35-13-5-2-6-14-36-19-11-12-20-39(36)32-48(35)42-21-25-46-43(29-42)30-44-31-45(24-26-47(44)46)53-51-27-22-40(37-15-7-3-8-16-37)33-49(51)50-34-41(23-28-52(50)53)38-17-9-4-10-18-38/h2-13,15-29,31-34H,1,14,30H2/b6-2-,13-5-,48-32+. The third-order valence-corrected chi connectivity index (χ3v) is 11.0. The van der Waals surface area contributed by atoms with E-state index in [1.54, 1.807) is 0 Å². The summed E-state index contributed by atoms with van der Waals surface area (Å²) in [6, 6.07) is 58.0. The highest BCUT2D eigenvalue weighted by Crippen LogP contribution is 2.42. The fraction of sp³-hybridized carbons (Fsp3) is 0.0385. The normalized spacial score (nSPS) is 15.7. The summed E-state index contributed by atoms with van der Waals surface area (Å²) in [6.07, 6.45) is 12.7. The summed E-state index contributed by atoms with van der Waals surface area (Å²) in [5.74, 6) is 0. The van der Waals surface area contributed by atoms with Crippen LogP contribution >= 0.6 is 0 Å². The minimum atomic E-state index is 0.898. The van der Waals surface area contributed by atoms with E-state index in [0.29, 0.717) is 0 Å². The molecule has 1 heterocycles. The molecule has 0 fully saturated rings. The van der Waals surface area contributed by atoms with E-state index in [-0.39, 0.29) is 0 Å². The summed E-state index contributed by atoms with van der Waals surface area (Å²) in [6.45, 7) is 4.50. The van der Waals surface area contributed by atoms with Crippen LogP contribution in [0.4, 0.5) is 0 Å². The Balaban J connectivity index is 1.07. The second kappa shape index (κ2) is 12.8. The van der Waals surface area contributed by atoms with E-state index in [0.717, 1.165) is 18.4 Å². The van der Waals surface area contributed by atoms with Crippen molar-refractivity contribution in [2.45, 2.75) is 12.8 Å². The summed E-state index contributed by atoms with van der Waals surface area (Å²) in [5, 5.41) is 2.52. The van der Waals surface area contributed by atoms with Crippen molar-refractivity contribution < 1.29 is 0 Å². The van der Waals surface area contributed by atoms with Crippen molar-refractivity contribution in [2.75, 3.05) is 0 Å². The molecule has 0 amide bonds. The maximum absolute atomic E-state index is 4.50. The van der Waals surface area contributed by atoms with E-state index in [9.17, 15) is 0 Å². The number of nitrogens with zero attached hydrogens (tertiary/aromatic N) is 1. The fourth-order valence-electron chi connectivity index (χ4n) is 8.34. The molecule has 0 spiro atoms. The highest BCUT2D eigenvalue weighted by Gasteiger charge is 2.22. The van der Waals surface area contributed by atoms with Gasteiger partial charge in [-0.15, -0.1) is 0 Å². The van der Waals surface area contributed by atoms with Crippen LogP contribution in [-0.2, 0) is 12.8 Å². The van der Waals surface area contributed by atoms with Crippen LogP contribution in [0.2, 0.25) is 0 Å². The van der Waals surface area contributed by atoms with Gasteiger partial charge in [-0.2, -0.15) is 0 Å². The number of rotatable bonds is 4. The molecule has 0 bridgehead atoms. The van der Waals surface area contributed by atoms with E-state index in [4.69, 9.17) is 0 Å². The lowest BCUT2D eigenvalue weighted by molar-refractivity contribution is 1.16. The first kappa shape index (κ1) is 31.1. The van der Waals surface area contributed by atoms with Gasteiger partial charge in [-0.05, 0) is 128 Å². The maximum Gasteiger partial charge on any atom is 0.0541 e. The lowest BCUT2D eigenvalue weighted by Crippen LogP contribution is -1.95. The third-order valence-electron chi connectivity index (χ3n) is 11.0. The molecule has 7 aromatic carbocycles. The van der Waals surface area contributed by atoms with Gasteiger partial charge in [0.2, 0.25) is 0 Å². The molecular formula is C52H37N. The highest BCUT2D eigenvalue weighted by molar-refractivity contribution is 6.11. The van der Waals surface area contributed by atoms with Crippen LogP contribution in [0.3, 0.4) is 0 Å². The van der Waals surface area contributed by atoms with Crippen LogP contribution in [0.1, 0.15) is 27.8 Å². The van der Waals surface area contributed by atoms with Crippen LogP contribution < -0.4 is 0 Å². The monoisotopic (exact) mass is 675 g/mol. The zero-order chi connectivity index (χ0) is 35.3. The molecule has 0 N–H and O–H groups in total. The van der Waals surface area contributed by atoms with Gasteiger partial charge in [0.25, 0.3) is 0 Å². The molecule has 1 aromatic heterocycles. The molecular weight excluding hydrogens is 639 g/mol. The fourth-order valence-corrected chi connectivity index (χ4v) is 8.34. The zero-order valence-corrected chi connectivity index (χ0v) is 29.5. The van der Waals surface area contributed by atoms with Crippen LogP contribution in [0.5, 0.6) is 0 Å². The molecule has 1 nitrogen and oxygen atoms in total. The topological polar surface area (TPSA) is 4.93 Å². The molecule has 1 heteroatoms. The molecule has 0 unspecified atom stereocenters. The Labute approximate surface area is 310 Å². The Morgan fingerprint density at radius 3 is 1.77 bits per heavy atom. The van der Waals surface area contributed by atoms with E-state index in [1.807, 2.05) is 0 Å². The van der Waals surface area contributed by atoms with Crippen LogP contribution in [0, 0.1) is 0 Å². The molecule has 0 saturated carbocycles. The van der Waals surface area contributed by atoms with Gasteiger partial charge >= 0.3 is 0 Å². The summed E-state index contributed by atoms with van der Waals surface area (Å²) < 4.78 is 2.45. The lowest BCUT2D eigenvalue weighted by Gasteiger charge is -2.13. The molecule has 250 valence electrons. The van der Waals surface area contributed by atoms with E-state index < -0.39 is 0 Å². The van der Waals surface area contributed by atoms with E-state index >= 15 is 0 Å². The van der Waals surface area contributed by atoms with Crippen molar-refractivity contribution in [3.63, 3.8) is 0 Å². The number of allylic oxidation sites excluding steroid dienone is 6. The van der Waals surface area contributed by atoms with Gasteiger partial charge < -0.3 is 4.57 Å². The van der Waals surface area contributed by atoms with Crippen LogP contribution in [-0.4, -0.2) is 4.57 Å². The van der Waals surface area contributed by atoms with Crippen molar-refractivity contribution in [1.82, 2.24) is 4.57 Å². The van der Waals surface area contributed by atoms with Crippen LogP contribution in [0.25, 0.3) is 72.5 Å². The first-order valence-corrected chi connectivity index (χ1v) is 18.5. The van der Waals surface area contributed by atoms with Gasteiger partial charge in [-0.3, -0.25) is 0 Å². The summed E-state index contributed by atoms with van der Waals surface area (Å²) >= 11 is 0. The average Bonchev–Trinajstić information content (AvgIpc) is 3.74. The maximum atomic E-state index is 4.50. The van der Waals surface area contributed by atoms with Crippen molar-refractivity contribution in [3.05, 3.63) is 222 Å². The Morgan fingerprint density at radius 1 is 0.472 bits per heavy atom. The largest absolute Gasteiger partial charge is 0.309 e. The zero-order valence-electron chi connectivity index (χ0n) is 29.5. The van der Waals surface area contributed by atoms with E-state index in [1.165, 1.54) is 94.3 Å². The number of hydrogen-bond donors (Lipinski definition) is 0. The number of benzene rings is 7. The average molecular weight is 676 g/mol. The smallest absolute Gasteiger partial charge is 0.0541 e. The lowest BCUT2D eigenvalue weighted by atomic mass is 9.91. The third kappa shape index (κ3) is 5.50. The first-order chi connectivity index (χ1) is 26.2. The summed E-state index contributed by atoms with van der Waals surface area (Å²) in [4.78, 5) is 0. The predicted molar refractivity (Wildman–Crippen MR) is 225 cm³/mol. The Hall–Kier alpha value is -6.70.